The number of amides is 2. The van der Waals surface area contributed by atoms with Crippen molar-refractivity contribution in [2.45, 2.75) is 13.8 Å². The third-order valence-electron chi connectivity index (χ3n) is 5.56. The van der Waals surface area contributed by atoms with E-state index in [1.165, 1.54) is 22.8 Å². The highest BCUT2D eigenvalue weighted by atomic mass is 32.1. The summed E-state index contributed by atoms with van der Waals surface area (Å²) in [5.74, 6) is 0.131. The molecule has 5 aromatic rings. The van der Waals surface area contributed by atoms with Gasteiger partial charge in [-0.05, 0) is 55.5 Å². The standard InChI is InChI=1S/C27H21N5O3S/c1-16-28-23-6-4-3-5-22(23)26(35)32(16)21-13-9-19(10-14-21)25(34)31-27-30-24(15-36-27)18-7-11-20(12-8-18)29-17(2)33/h3-15H,1-2H3,(H,29,33)(H,30,31,34). The van der Waals surface area contributed by atoms with Crippen LogP contribution in [-0.2, 0) is 4.79 Å². The topological polar surface area (TPSA) is 106 Å². The summed E-state index contributed by atoms with van der Waals surface area (Å²) in [5, 5.41) is 8.41. The second-order valence-corrected chi connectivity index (χ2v) is 8.97. The maximum Gasteiger partial charge on any atom is 0.265 e. The van der Waals surface area contributed by atoms with Crippen molar-refractivity contribution in [3.8, 4) is 16.9 Å². The van der Waals surface area contributed by atoms with Gasteiger partial charge in [0.15, 0.2) is 5.13 Å². The Morgan fingerprint density at radius 1 is 0.889 bits per heavy atom. The van der Waals surface area contributed by atoms with Gasteiger partial charge in [-0.15, -0.1) is 11.3 Å². The van der Waals surface area contributed by atoms with Gasteiger partial charge in [0.1, 0.15) is 5.82 Å². The first-order valence-corrected chi connectivity index (χ1v) is 12.0. The van der Waals surface area contributed by atoms with Crippen LogP contribution < -0.4 is 16.2 Å². The van der Waals surface area contributed by atoms with Crippen molar-refractivity contribution >= 4 is 44.9 Å². The highest BCUT2D eigenvalue weighted by Gasteiger charge is 2.13. The van der Waals surface area contributed by atoms with E-state index in [1.807, 2.05) is 35.7 Å². The lowest BCUT2D eigenvalue weighted by Crippen LogP contribution is -2.22. The van der Waals surface area contributed by atoms with Gasteiger partial charge in [-0.2, -0.15) is 0 Å². The Kier molecular flexibility index (Phi) is 6.14. The van der Waals surface area contributed by atoms with Crippen LogP contribution in [0.25, 0.3) is 27.8 Å². The predicted molar refractivity (Wildman–Crippen MR) is 142 cm³/mol. The molecule has 5 rings (SSSR count). The molecule has 0 aliphatic heterocycles. The Balaban J connectivity index is 1.32. The van der Waals surface area contributed by atoms with Crippen LogP contribution in [0.5, 0.6) is 0 Å². The van der Waals surface area contributed by atoms with Gasteiger partial charge in [0.25, 0.3) is 11.5 Å². The minimum atomic E-state index is -0.302. The number of anilines is 2. The fourth-order valence-corrected chi connectivity index (χ4v) is 4.59. The van der Waals surface area contributed by atoms with E-state index in [0.717, 1.165) is 11.3 Å². The molecule has 9 heteroatoms. The number of aryl methyl sites for hydroxylation is 1. The second-order valence-electron chi connectivity index (χ2n) is 8.11. The van der Waals surface area contributed by atoms with Gasteiger partial charge in [-0.25, -0.2) is 9.97 Å². The zero-order valence-electron chi connectivity index (χ0n) is 19.5. The first-order valence-electron chi connectivity index (χ1n) is 11.1. The number of nitrogens with zero attached hydrogens (tertiary/aromatic N) is 3. The minimum absolute atomic E-state index is 0.134. The van der Waals surface area contributed by atoms with Crippen molar-refractivity contribution in [2.75, 3.05) is 10.6 Å². The molecule has 0 bridgehead atoms. The molecule has 2 N–H and O–H groups in total. The smallest absolute Gasteiger partial charge is 0.265 e. The molecule has 3 aromatic carbocycles. The van der Waals surface area contributed by atoms with E-state index in [-0.39, 0.29) is 17.4 Å². The summed E-state index contributed by atoms with van der Waals surface area (Å²) in [6, 6.07) is 21.3. The van der Waals surface area contributed by atoms with E-state index in [1.54, 1.807) is 49.4 Å². The molecule has 2 aromatic heterocycles. The summed E-state index contributed by atoms with van der Waals surface area (Å²) in [6.07, 6.45) is 0. The molecule has 0 spiro atoms. The molecule has 0 aliphatic carbocycles. The normalized spacial score (nSPS) is 10.8. The van der Waals surface area contributed by atoms with Gasteiger partial charge >= 0.3 is 0 Å². The third-order valence-corrected chi connectivity index (χ3v) is 6.31. The highest BCUT2D eigenvalue weighted by Crippen LogP contribution is 2.26. The van der Waals surface area contributed by atoms with Gasteiger partial charge in [-0.1, -0.05) is 24.3 Å². The number of carbonyl (C=O) groups is 2. The number of benzene rings is 3. The molecule has 0 fully saturated rings. The van der Waals surface area contributed by atoms with E-state index in [4.69, 9.17) is 0 Å². The van der Waals surface area contributed by atoms with Crippen LogP contribution in [0.2, 0.25) is 0 Å². The van der Waals surface area contributed by atoms with Crippen LogP contribution in [0.4, 0.5) is 10.8 Å². The predicted octanol–water partition coefficient (Wildman–Crippen LogP) is 5.03. The Bertz CT molecular complexity index is 1650. The van der Waals surface area contributed by atoms with Crippen LogP contribution in [0.3, 0.4) is 0 Å². The summed E-state index contributed by atoms with van der Waals surface area (Å²) in [4.78, 5) is 46.0. The molecular formula is C27H21N5O3S. The fraction of sp³-hybridized carbons (Fsp3) is 0.0741. The first-order chi connectivity index (χ1) is 17.4. The molecule has 2 amide bonds. The number of hydrogen-bond donors (Lipinski definition) is 2. The Hall–Kier alpha value is -4.63. The number of hydrogen-bond acceptors (Lipinski definition) is 6. The number of carbonyl (C=O) groups excluding carboxylic acids is 2. The molecule has 178 valence electrons. The number of thiazole rings is 1. The van der Waals surface area contributed by atoms with Crippen LogP contribution in [0, 0.1) is 6.92 Å². The van der Waals surface area contributed by atoms with Crippen LogP contribution in [0.15, 0.2) is 83.0 Å². The number of rotatable bonds is 5. The van der Waals surface area contributed by atoms with E-state index >= 15 is 0 Å². The zero-order valence-corrected chi connectivity index (χ0v) is 20.3. The van der Waals surface area contributed by atoms with Gasteiger partial charge in [0.05, 0.1) is 22.3 Å². The van der Waals surface area contributed by atoms with Crippen molar-refractivity contribution in [3.63, 3.8) is 0 Å². The number of fused-ring (bicyclic) bond motifs is 1. The lowest BCUT2D eigenvalue weighted by molar-refractivity contribution is -0.114. The summed E-state index contributed by atoms with van der Waals surface area (Å²) < 4.78 is 1.54. The minimum Gasteiger partial charge on any atom is -0.326 e. The average Bonchev–Trinajstić information content (AvgIpc) is 3.33. The van der Waals surface area contributed by atoms with Crippen LogP contribution >= 0.6 is 11.3 Å². The van der Waals surface area contributed by atoms with E-state index < -0.39 is 0 Å². The lowest BCUT2D eigenvalue weighted by Gasteiger charge is -2.11. The Morgan fingerprint density at radius 2 is 1.61 bits per heavy atom. The number of nitrogens with one attached hydrogen (secondary N) is 2. The van der Waals surface area contributed by atoms with Crippen molar-refractivity contribution in [1.82, 2.24) is 14.5 Å². The lowest BCUT2D eigenvalue weighted by atomic mass is 10.1. The molecule has 36 heavy (non-hydrogen) atoms. The fourth-order valence-electron chi connectivity index (χ4n) is 3.87. The first kappa shape index (κ1) is 23.1. The monoisotopic (exact) mass is 495 g/mol. The van der Waals surface area contributed by atoms with Gasteiger partial charge in [-0.3, -0.25) is 24.3 Å². The molecular weight excluding hydrogens is 474 g/mol. The van der Waals surface area contributed by atoms with E-state index in [9.17, 15) is 14.4 Å². The van der Waals surface area contributed by atoms with Crippen molar-refractivity contribution in [1.29, 1.82) is 0 Å². The number of para-hydroxylation sites is 1. The molecule has 8 nitrogen and oxygen atoms in total. The van der Waals surface area contributed by atoms with Crippen molar-refractivity contribution in [2.24, 2.45) is 0 Å². The maximum atomic E-state index is 13.0. The summed E-state index contributed by atoms with van der Waals surface area (Å²) in [7, 11) is 0. The van der Waals surface area contributed by atoms with E-state index in [2.05, 4.69) is 20.6 Å². The molecule has 0 atom stereocenters. The molecule has 2 heterocycles. The van der Waals surface area contributed by atoms with Gasteiger partial charge in [0.2, 0.25) is 5.91 Å². The Labute approximate surface area is 210 Å². The molecule has 0 aliphatic rings. The highest BCUT2D eigenvalue weighted by molar-refractivity contribution is 7.14. The van der Waals surface area contributed by atoms with Gasteiger partial charge < -0.3 is 5.32 Å². The average molecular weight is 496 g/mol. The second kappa shape index (κ2) is 9.55. The maximum absolute atomic E-state index is 13.0. The summed E-state index contributed by atoms with van der Waals surface area (Å²) in [6.45, 7) is 3.24. The molecule has 0 saturated heterocycles. The van der Waals surface area contributed by atoms with Crippen LogP contribution in [0.1, 0.15) is 23.1 Å². The number of aromatic nitrogens is 3. The Morgan fingerprint density at radius 3 is 2.33 bits per heavy atom. The largest absolute Gasteiger partial charge is 0.326 e. The molecule has 0 saturated carbocycles. The third kappa shape index (κ3) is 4.64. The summed E-state index contributed by atoms with van der Waals surface area (Å²) in [5.41, 5.74) is 3.86. The van der Waals surface area contributed by atoms with Gasteiger partial charge in [0, 0.05) is 29.1 Å². The SMILES string of the molecule is CC(=O)Nc1ccc(-c2csc(NC(=O)c3ccc(-n4c(C)nc5ccccc5c4=O)cc3)n2)cc1. The van der Waals surface area contributed by atoms with E-state index in [0.29, 0.717) is 38.8 Å². The van der Waals surface area contributed by atoms with Crippen molar-refractivity contribution in [3.05, 3.63) is 99.9 Å². The zero-order chi connectivity index (χ0) is 25.2. The van der Waals surface area contributed by atoms with Crippen LogP contribution in [-0.4, -0.2) is 26.3 Å². The molecule has 0 unspecified atom stereocenters. The summed E-state index contributed by atoms with van der Waals surface area (Å²) >= 11 is 1.32. The van der Waals surface area contributed by atoms with Crippen molar-refractivity contribution < 1.29 is 9.59 Å². The molecule has 0 radical (unpaired) electrons. The quantitative estimate of drug-likeness (QED) is 0.356.